The number of hydrogen-bond donors (Lipinski definition) is 2. The second kappa shape index (κ2) is 4.90. The van der Waals surface area contributed by atoms with E-state index in [2.05, 4.69) is 15.0 Å². The molecule has 0 saturated carbocycles. The lowest BCUT2D eigenvalue weighted by Crippen LogP contribution is -2.12. The maximum absolute atomic E-state index is 12.2. The van der Waals surface area contributed by atoms with Crippen LogP contribution in [0.25, 0.3) is 22.0 Å². The standard InChI is InChI=1S/C14H11N3O2S/c1-8-4-2-3-5-9(8)10-12(18)16-11(17-13(10)19)14-15-6-7-20-14/h2-7H,1H3,(H2,16,17,18,19). The smallest absolute Gasteiger partial charge is 0.263 e. The summed E-state index contributed by atoms with van der Waals surface area (Å²) in [5, 5.41) is 12.4. The summed E-state index contributed by atoms with van der Waals surface area (Å²) in [6.07, 6.45) is 1.62. The molecule has 3 rings (SSSR count). The molecule has 0 aliphatic heterocycles. The highest BCUT2D eigenvalue weighted by Gasteiger charge is 2.16. The van der Waals surface area contributed by atoms with Crippen LogP contribution in [-0.4, -0.2) is 20.1 Å². The molecule has 1 aromatic carbocycles. The minimum atomic E-state index is -0.378. The summed E-state index contributed by atoms with van der Waals surface area (Å²) in [5.41, 5.74) is 1.38. The van der Waals surface area contributed by atoms with Crippen molar-refractivity contribution >= 4 is 11.3 Å². The van der Waals surface area contributed by atoms with Gasteiger partial charge in [-0.2, -0.15) is 4.98 Å². The molecule has 2 heterocycles. The summed E-state index contributed by atoms with van der Waals surface area (Å²) < 4.78 is 0. The van der Waals surface area contributed by atoms with Crippen molar-refractivity contribution in [2.75, 3.05) is 0 Å². The molecule has 5 nitrogen and oxygen atoms in total. The minimum absolute atomic E-state index is 0.184. The third-order valence-corrected chi connectivity index (χ3v) is 3.73. The number of nitrogens with one attached hydrogen (secondary N) is 1. The number of rotatable bonds is 2. The SMILES string of the molecule is Cc1ccccc1-c1c(O)nc(-c2nccs2)[nH]c1=O. The number of aryl methyl sites for hydroxylation is 1. The first kappa shape index (κ1) is 12.6. The van der Waals surface area contributed by atoms with E-state index in [0.29, 0.717) is 10.6 Å². The molecule has 6 heteroatoms. The van der Waals surface area contributed by atoms with E-state index < -0.39 is 0 Å². The Hall–Kier alpha value is -2.47. The molecule has 2 aromatic heterocycles. The molecular weight excluding hydrogens is 274 g/mol. The average molecular weight is 285 g/mol. The van der Waals surface area contributed by atoms with Crippen molar-refractivity contribution in [2.24, 2.45) is 0 Å². The van der Waals surface area contributed by atoms with Crippen molar-refractivity contribution < 1.29 is 5.11 Å². The number of thiazole rings is 1. The van der Waals surface area contributed by atoms with Crippen LogP contribution in [-0.2, 0) is 0 Å². The fourth-order valence-electron chi connectivity index (χ4n) is 2.00. The van der Waals surface area contributed by atoms with Crippen molar-refractivity contribution in [3.8, 4) is 27.8 Å². The zero-order valence-electron chi connectivity index (χ0n) is 10.6. The number of aromatic hydroxyl groups is 1. The van der Waals surface area contributed by atoms with Crippen LogP contribution in [0.3, 0.4) is 0 Å². The van der Waals surface area contributed by atoms with Crippen LogP contribution < -0.4 is 5.56 Å². The third kappa shape index (κ3) is 2.10. The Morgan fingerprint density at radius 2 is 2.10 bits per heavy atom. The number of aromatic amines is 1. The maximum atomic E-state index is 12.2. The zero-order chi connectivity index (χ0) is 14.1. The van der Waals surface area contributed by atoms with E-state index >= 15 is 0 Å². The Labute approximate surface area is 118 Å². The predicted octanol–water partition coefficient (Wildman–Crippen LogP) is 2.57. The van der Waals surface area contributed by atoms with Gasteiger partial charge in [-0.3, -0.25) is 4.79 Å². The largest absolute Gasteiger partial charge is 0.493 e. The first-order valence-corrected chi connectivity index (χ1v) is 6.84. The van der Waals surface area contributed by atoms with Gasteiger partial charge in [-0.05, 0) is 18.1 Å². The van der Waals surface area contributed by atoms with E-state index in [1.165, 1.54) is 11.3 Å². The Balaban J connectivity index is 2.20. The summed E-state index contributed by atoms with van der Waals surface area (Å²) in [5.74, 6) is -0.00640. The number of hydrogen-bond acceptors (Lipinski definition) is 5. The molecule has 2 N–H and O–H groups in total. The number of benzene rings is 1. The number of H-pyrrole nitrogens is 1. The highest BCUT2D eigenvalue weighted by Crippen LogP contribution is 2.28. The van der Waals surface area contributed by atoms with Gasteiger partial charge in [0, 0.05) is 11.6 Å². The minimum Gasteiger partial charge on any atom is -0.493 e. The van der Waals surface area contributed by atoms with Crippen molar-refractivity contribution in [2.45, 2.75) is 6.92 Å². The first-order chi connectivity index (χ1) is 9.66. The van der Waals surface area contributed by atoms with E-state index in [1.807, 2.05) is 25.1 Å². The summed E-state index contributed by atoms with van der Waals surface area (Å²) in [6.45, 7) is 1.88. The molecule has 0 radical (unpaired) electrons. The van der Waals surface area contributed by atoms with Crippen molar-refractivity contribution in [3.05, 3.63) is 51.8 Å². The van der Waals surface area contributed by atoms with Crippen molar-refractivity contribution in [1.82, 2.24) is 15.0 Å². The van der Waals surface area contributed by atoms with Crippen LogP contribution >= 0.6 is 11.3 Å². The van der Waals surface area contributed by atoms with Crippen molar-refractivity contribution in [3.63, 3.8) is 0 Å². The molecule has 0 bridgehead atoms. The Morgan fingerprint density at radius 1 is 1.30 bits per heavy atom. The normalized spacial score (nSPS) is 10.7. The van der Waals surface area contributed by atoms with Gasteiger partial charge in [-0.25, -0.2) is 4.98 Å². The van der Waals surface area contributed by atoms with Gasteiger partial charge in [0.25, 0.3) is 5.56 Å². The summed E-state index contributed by atoms with van der Waals surface area (Å²) in [6, 6.07) is 7.35. The van der Waals surface area contributed by atoms with Gasteiger partial charge < -0.3 is 10.1 Å². The molecule has 0 aliphatic carbocycles. The van der Waals surface area contributed by atoms with Gasteiger partial charge in [0.05, 0.1) is 0 Å². The van der Waals surface area contributed by atoms with Gasteiger partial charge in [-0.15, -0.1) is 11.3 Å². The zero-order valence-corrected chi connectivity index (χ0v) is 11.4. The van der Waals surface area contributed by atoms with E-state index in [0.717, 1.165) is 5.56 Å². The molecule has 0 saturated heterocycles. The molecule has 0 amide bonds. The van der Waals surface area contributed by atoms with Crippen LogP contribution in [0.4, 0.5) is 0 Å². The Bertz CT molecular complexity index is 810. The fraction of sp³-hybridized carbons (Fsp3) is 0.0714. The van der Waals surface area contributed by atoms with Crippen LogP contribution in [0, 0.1) is 6.92 Å². The van der Waals surface area contributed by atoms with Gasteiger partial charge in [0.15, 0.2) is 10.8 Å². The lowest BCUT2D eigenvalue weighted by molar-refractivity contribution is 0.454. The van der Waals surface area contributed by atoms with Crippen molar-refractivity contribution in [1.29, 1.82) is 0 Å². The van der Waals surface area contributed by atoms with Crippen LogP contribution in [0.5, 0.6) is 5.88 Å². The quantitative estimate of drug-likeness (QED) is 0.758. The van der Waals surface area contributed by atoms with Crippen LogP contribution in [0.1, 0.15) is 5.56 Å². The van der Waals surface area contributed by atoms with Gasteiger partial charge in [-0.1, -0.05) is 24.3 Å². The second-order valence-electron chi connectivity index (χ2n) is 4.27. The van der Waals surface area contributed by atoms with E-state index in [1.54, 1.807) is 17.6 Å². The predicted molar refractivity (Wildman–Crippen MR) is 77.8 cm³/mol. The average Bonchev–Trinajstić information content (AvgIpc) is 2.94. The van der Waals surface area contributed by atoms with Gasteiger partial charge in [0.1, 0.15) is 5.56 Å². The Kier molecular flexibility index (Phi) is 3.08. The first-order valence-electron chi connectivity index (χ1n) is 5.96. The molecule has 0 atom stereocenters. The molecule has 0 spiro atoms. The van der Waals surface area contributed by atoms with Crippen LogP contribution in [0.2, 0.25) is 0 Å². The Morgan fingerprint density at radius 3 is 2.75 bits per heavy atom. The lowest BCUT2D eigenvalue weighted by Gasteiger charge is -2.07. The topological polar surface area (TPSA) is 78.9 Å². The molecule has 20 heavy (non-hydrogen) atoms. The molecule has 3 aromatic rings. The van der Waals surface area contributed by atoms with Gasteiger partial charge >= 0.3 is 0 Å². The fourth-order valence-corrected chi connectivity index (χ4v) is 2.58. The summed E-state index contributed by atoms with van der Waals surface area (Å²) in [4.78, 5) is 23.0. The summed E-state index contributed by atoms with van der Waals surface area (Å²) >= 11 is 1.34. The molecule has 100 valence electrons. The van der Waals surface area contributed by atoms with E-state index in [-0.39, 0.29) is 22.8 Å². The highest BCUT2D eigenvalue weighted by molar-refractivity contribution is 7.12. The maximum Gasteiger partial charge on any atom is 0.263 e. The monoisotopic (exact) mass is 285 g/mol. The summed E-state index contributed by atoms with van der Waals surface area (Å²) in [7, 11) is 0. The molecule has 0 fully saturated rings. The molecule has 0 unspecified atom stereocenters. The molecular formula is C14H11N3O2S. The van der Waals surface area contributed by atoms with Crippen LogP contribution in [0.15, 0.2) is 40.6 Å². The van der Waals surface area contributed by atoms with Gasteiger partial charge in [0.2, 0.25) is 5.88 Å². The number of nitrogens with zero attached hydrogens (tertiary/aromatic N) is 2. The second-order valence-corrected chi connectivity index (χ2v) is 5.16. The lowest BCUT2D eigenvalue weighted by atomic mass is 10.0. The van der Waals surface area contributed by atoms with E-state index in [9.17, 15) is 9.90 Å². The molecule has 0 aliphatic rings. The highest BCUT2D eigenvalue weighted by atomic mass is 32.1. The third-order valence-electron chi connectivity index (χ3n) is 2.95. The number of aromatic nitrogens is 3. The van der Waals surface area contributed by atoms with E-state index in [4.69, 9.17) is 0 Å².